The fraction of sp³-hybridized carbons (Fsp3) is 0.333. The maximum Gasteiger partial charge on any atom is 0.250 e. The van der Waals surface area contributed by atoms with E-state index in [9.17, 15) is 4.79 Å². The van der Waals surface area contributed by atoms with Crippen LogP contribution < -0.4 is 10.5 Å². The molecule has 0 unspecified atom stereocenters. The maximum absolute atomic E-state index is 11.1. The van der Waals surface area contributed by atoms with Crippen LogP contribution in [0.15, 0.2) is 42.6 Å². The summed E-state index contributed by atoms with van der Waals surface area (Å²) < 4.78 is 11.0. The number of pyridine rings is 1. The summed E-state index contributed by atoms with van der Waals surface area (Å²) in [5.74, 6) is 0.386. The number of hydrogen-bond acceptors (Lipinski definition) is 5. The highest BCUT2D eigenvalue weighted by atomic mass is 16.5. The minimum atomic E-state index is -0.472. The number of primary amides is 1. The summed E-state index contributed by atoms with van der Waals surface area (Å²) in [6.07, 6.45) is 1.41. The monoisotopic (exact) mass is 327 g/mol. The van der Waals surface area contributed by atoms with Gasteiger partial charge in [-0.3, -0.25) is 14.7 Å². The van der Waals surface area contributed by atoms with Gasteiger partial charge >= 0.3 is 0 Å². The Kier molecular flexibility index (Phi) is 5.08. The molecule has 1 aliphatic rings. The van der Waals surface area contributed by atoms with E-state index in [0.29, 0.717) is 12.2 Å². The van der Waals surface area contributed by atoms with Crippen molar-refractivity contribution in [1.82, 2.24) is 9.88 Å². The fourth-order valence-corrected chi connectivity index (χ4v) is 2.76. The summed E-state index contributed by atoms with van der Waals surface area (Å²) in [7, 11) is 1.66. The highest BCUT2D eigenvalue weighted by molar-refractivity contribution is 5.92. The van der Waals surface area contributed by atoms with Crippen molar-refractivity contribution in [2.75, 3.05) is 26.8 Å². The predicted octanol–water partition coefficient (Wildman–Crippen LogP) is 1.76. The average Bonchev–Trinajstić information content (AvgIpc) is 2.63. The molecule has 3 rings (SSSR count). The van der Waals surface area contributed by atoms with Gasteiger partial charge in [0.15, 0.2) is 0 Å². The summed E-state index contributed by atoms with van der Waals surface area (Å²) in [6, 6.07) is 11.6. The first-order valence-corrected chi connectivity index (χ1v) is 7.88. The Morgan fingerprint density at radius 3 is 2.75 bits per heavy atom. The van der Waals surface area contributed by atoms with Gasteiger partial charge in [-0.25, -0.2) is 0 Å². The van der Waals surface area contributed by atoms with Gasteiger partial charge in [0.2, 0.25) is 5.91 Å². The molecular formula is C18H21N3O3. The number of hydrogen-bond donors (Lipinski definition) is 1. The lowest BCUT2D eigenvalue weighted by Gasteiger charge is -2.32. The first-order valence-electron chi connectivity index (χ1n) is 7.88. The van der Waals surface area contributed by atoms with Crippen LogP contribution in [0, 0.1) is 0 Å². The van der Waals surface area contributed by atoms with Crippen LogP contribution in [0.2, 0.25) is 0 Å². The van der Waals surface area contributed by atoms with Gasteiger partial charge in [-0.05, 0) is 29.8 Å². The molecule has 2 aromatic rings. The lowest BCUT2D eigenvalue weighted by atomic mass is 10.1. The molecule has 126 valence electrons. The molecule has 1 aromatic carbocycles. The molecular weight excluding hydrogens is 306 g/mol. The fourth-order valence-electron chi connectivity index (χ4n) is 2.76. The van der Waals surface area contributed by atoms with Gasteiger partial charge in [-0.1, -0.05) is 12.1 Å². The molecule has 0 bridgehead atoms. The van der Waals surface area contributed by atoms with Gasteiger partial charge in [0, 0.05) is 25.8 Å². The highest BCUT2D eigenvalue weighted by Gasteiger charge is 2.23. The Bertz CT molecular complexity index is 686. The van der Waals surface area contributed by atoms with E-state index in [-0.39, 0.29) is 6.10 Å². The number of amides is 1. The summed E-state index contributed by atoms with van der Waals surface area (Å²) in [6.45, 7) is 3.14. The van der Waals surface area contributed by atoms with E-state index in [2.05, 4.69) is 22.0 Å². The second-order valence-electron chi connectivity index (χ2n) is 5.78. The summed E-state index contributed by atoms with van der Waals surface area (Å²) >= 11 is 0. The Balaban J connectivity index is 1.64. The molecule has 6 heteroatoms. The molecule has 0 saturated carbocycles. The van der Waals surface area contributed by atoms with E-state index < -0.39 is 5.91 Å². The summed E-state index contributed by atoms with van der Waals surface area (Å²) in [5.41, 5.74) is 7.70. The molecule has 0 radical (unpaired) electrons. The number of nitrogens with two attached hydrogens (primary N) is 1. The lowest BCUT2D eigenvalue weighted by Crippen LogP contribution is -2.38. The predicted molar refractivity (Wildman–Crippen MR) is 89.7 cm³/mol. The van der Waals surface area contributed by atoms with Gasteiger partial charge in [0.1, 0.15) is 11.9 Å². The number of nitrogens with zero attached hydrogens (tertiary/aromatic N) is 2. The number of aromatic nitrogens is 1. The second kappa shape index (κ2) is 7.42. The Morgan fingerprint density at radius 2 is 2.12 bits per heavy atom. The molecule has 2 heterocycles. The van der Waals surface area contributed by atoms with Gasteiger partial charge < -0.3 is 15.2 Å². The number of methoxy groups -OCH3 is 1. The largest absolute Gasteiger partial charge is 0.497 e. The Labute approximate surface area is 141 Å². The normalized spacial score (nSPS) is 18.3. The SMILES string of the molecule is COc1ccc(CN2CCO[C@H](c3ccc(C(N)=O)cn3)C2)cc1. The molecule has 1 atom stereocenters. The Morgan fingerprint density at radius 1 is 1.33 bits per heavy atom. The molecule has 2 N–H and O–H groups in total. The van der Waals surface area contributed by atoms with Crippen molar-refractivity contribution >= 4 is 5.91 Å². The summed E-state index contributed by atoms with van der Waals surface area (Å²) in [5, 5.41) is 0. The van der Waals surface area contributed by atoms with E-state index in [0.717, 1.165) is 31.1 Å². The van der Waals surface area contributed by atoms with Crippen LogP contribution in [0.25, 0.3) is 0 Å². The van der Waals surface area contributed by atoms with Crippen molar-refractivity contribution in [3.8, 4) is 5.75 Å². The van der Waals surface area contributed by atoms with Crippen LogP contribution in [0.3, 0.4) is 0 Å². The topological polar surface area (TPSA) is 77.7 Å². The Hall–Kier alpha value is -2.44. The van der Waals surface area contributed by atoms with Crippen molar-refractivity contribution in [3.63, 3.8) is 0 Å². The smallest absolute Gasteiger partial charge is 0.250 e. The number of carbonyl (C=O) groups is 1. The third-order valence-corrected chi connectivity index (χ3v) is 4.12. The average molecular weight is 327 g/mol. The first-order chi connectivity index (χ1) is 11.7. The van der Waals surface area contributed by atoms with Crippen LogP contribution in [-0.4, -0.2) is 42.6 Å². The van der Waals surface area contributed by atoms with Crippen LogP contribution in [0.1, 0.15) is 27.7 Å². The van der Waals surface area contributed by atoms with Gasteiger partial charge in [-0.2, -0.15) is 0 Å². The number of rotatable bonds is 5. The lowest BCUT2D eigenvalue weighted by molar-refractivity contribution is -0.0350. The van der Waals surface area contributed by atoms with E-state index in [1.54, 1.807) is 13.2 Å². The minimum Gasteiger partial charge on any atom is -0.497 e. The molecule has 0 spiro atoms. The number of carbonyl (C=O) groups excluding carboxylic acids is 1. The minimum absolute atomic E-state index is 0.0982. The highest BCUT2D eigenvalue weighted by Crippen LogP contribution is 2.22. The number of morpholine rings is 1. The van der Waals surface area contributed by atoms with Crippen molar-refractivity contribution in [2.24, 2.45) is 5.73 Å². The molecule has 1 fully saturated rings. The van der Waals surface area contributed by atoms with E-state index in [4.69, 9.17) is 15.2 Å². The van der Waals surface area contributed by atoms with Crippen LogP contribution in [-0.2, 0) is 11.3 Å². The molecule has 24 heavy (non-hydrogen) atoms. The standard InChI is InChI=1S/C18H21N3O3/c1-23-15-5-2-13(3-6-15)11-21-8-9-24-17(12-21)16-7-4-14(10-20-16)18(19)22/h2-7,10,17H,8-9,11-12H2,1H3,(H2,19,22)/t17-/m0/s1. The zero-order valence-electron chi connectivity index (χ0n) is 13.6. The number of ether oxygens (including phenoxy) is 2. The molecule has 1 aromatic heterocycles. The zero-order chi connectivity index (χ0) is 16.9. The number of benzene rings is 1. The molecule has 6 nitrogen and oxygen atoms in total. The zero-order valence-corrected chi connectivity index (χ0v) is 13.6. The van der Waals surface area contributed by atoms with Crippen LogP contribution in [0.5, 0.6) is 5.75 Å². The molecule has 0 aliphatic carbocycles. The maximum atomic E-state index is 11.1. The van der Waals surface area contributed by atoms with Gasteiger partial charge in [0.25, 0.3) is 0 Å². The van der Waals surface area contributed by atoms with Crippen molar-refractivity contribution in [2.45, 2.75) is 12.6 Å². The third-order valence-electron chi connectivity index (χ3n) is 4.12. The van der Waals surface area contributed by atoms with E-state index in [1.807, 2.05) is 18.2 Å². The third kappa shape index (κ3) is 3.90. The van der Waals surface area contributed by atoms with Crippen LogP contribution >= 0.6 is 0 Å². The van der Waals surface area contributed by atoms with Gasteiger partial charge in [-0.15, -0.1) is 0 Å². The van der Waals surface area contributed by atoms with Crippen molar-refractivity contribution in [1.29, 1.82) is 0 Å². The quantitative estimate of drug-likeness (QED) is 0.905. The summed E-state index contributed by atoms with van der Waals surface area (Å²) in [4.78, 5) is 17.8. The van der Waals surface area contributed by atoms with Crippen molar-refractivity contribution < 1.29 is 14.3 Å². The molecule has 1 amide bonds. The first kappa shape index (κ1) is 16.4. The molecule has 1 saturated heterocycles. The van der Waals surface area contributed by atoms with Crippen molar-refractivity contribution in [3.05, 3.63) is 59.4 Å². The van der Waals surface area contributed by atoms with Crippen LogP contribution in [0.4, 0.5) is 0 Å². The van der Waals surface area contributed by atoms with Gasteiger partial charge in [0.05, 0.1) is 25.0 Å². The second-order valence-corrected chi connectivity index (χ2v) is 5.78. The van der Waals surface area contributed by atoms with E-state index in [1.165, 1.54) is 11.8 Å². The van der Waals surface area contributed by atoms with E-state index >= 15 is 0 Å². The molecule has 1 aliphatic heterocycles.